The standard InChI is InChI=1S/C27H30O15/c28-7-16-20(32)22(34)24(36)26(41-16)39-9-17-21(33)23(35)25(37)27(42-17)40-12-5-14(30)18-15(6-12)38-8-13(19(18)31)10-1-3-11(29)4-2-10/h1-6,8,16-17,20-30,32-37H,7,9H2. The average Bonchev–Trinajstić information content (AvgIpc) is 2.97. The Kier molecular flexibility index (Phi) is 8.68. The van der Waals surface area contributed by atoms with Crippen molar-refractivity contribution < 1.29 is 69.3 Å². The molecule has 15 heteroatoms. The highest BCUT2D eigenvalue weighted by atomic mass is 16.7. The first-order valence-electron chi connectivity index (χ1n) is 12.9. The van der Waals surface area contributed by atoms with Crippen molar-refractivity contribution in [2.24, 2.45) is 0 Å². The Morgan fingerprint density at radius 1 is 0.762 bits per heavy atom. The summed E-state index contributed by atoms with van der Waals surface area (Å²) in [5.74, 6) is -0.659. The van der Waals surface area contributed by atoms with E-state index in [0.717, 1.165) is 6.07 Å². The van der Waals surface area contributed by atoms with Crippen LogP contribution in [0.3, 0.4) is 0 Å². The first-order valence-corrected chi connectivity index (χ1v) is 12.9. The highest BCUT2D eigenvalue weighted by molar-refractivity contribution is 5.88. The van der Waals surface area contributed by atoms with E-state index in [0.29, 0.717) is 5.56 Å². The molecule has 5 rings (SSSR count). The van der Waals surface area contributed by atoms with Gasteiger partial charge in [0.1, 0.15) is 83.3 Å². The van der Waals surface area contributed by atoms with Gasteiger partial charge < -0.3 is 69.3 Å². The number of fused-ring (bicyclic) bond motifs is 1. The van der Waals surface area contributed by atoms with Gasteiger partial charge in [-0.15, -0.1) is 0 Å². The molecule has 3 heterocycles. The molecule has 42 heavy (non-hydrogen) atoms. The molecule has 0 radical (unpaired) electrons. The fourth-order valence-electron chi connectivity index (χ4n) is 4.80. The van der Waals surface area contributed by atoms with Crippen molar-refractivity contribution in [3.63, 3.8) is 0 Å². The lowest BCUT2D eigenvalue weighted by atomic mass is 9.98. The van der Waals surface area contributed by atoms with Crippen LogP contribution in [0.15, 0.2) is 51.9 Å². The van der Waals surface area contributed by atoms with E-state index in [1.165, 1.54) is 36.6 Å². The van der Waals surface area contributed by atoms with Crippen molar-refractivity contribution in [1.29, 1.82) is 0 Å². The number of phenols is 2. The first kappa shape index (κ1) is 30.1. The summed E-state index contributed by atoms with van der Waals surface area (Å²) in [6.45, 7) is -1.25. The highest BCUT2D eigenvalue weighted by Gasteiger charge is 2.48. The maximum atomic E-state index is 13.1. The molecule has 0 spiro atoms. The average molecular weight is 595 g/mol. The lowest BCUT2D eigenvalue weighted by Crippen LogP contribution is -2.62. The SMILES string of the molecule is O=c1c(-c2ccc(O)cc2)coc2cc(OC3OC(COC4OC(CO)C(O)C(O)C4O)C(O)C(O)C3O)cc(O)c12. The van der Waals surface area contributed by atoms with Crippen LogP contribution in [0.25, 0.3) is 22.1 Å². The number of ether oxygens (including phenoxy) is 4. The van der Waals surface area contributed by atoms with Crippen molar-refractivity contribution in [3.8, 4) is 28.4 Å². The maximum absolute atomic E-state index is 13.1. The minimum Gasteiger partial charge on any atom is -0.508 e. The van der Waals surface area contributed by atoms with Crippen LogP contribution in [0.5, 0.6) is 17.2 Å². The molecule has 1 aromatic heterocycles. The van der Waals surface area contributed by atoms with Crippen LogP contribution in [-0.2, 0) is 14.2 Å². The number of phenolic OH excluding ortho intramolecular Hbond substituents is 2. The predicted octanol–water partition coefficient (Wildman–Crippen LogP) is -2.13. The molecule has 2 saturated heterocycles. The third kappa shape index (κ3) is 5.67. The number of aliphatic hydroxyl groups excluding tert-OH is 7. The molecule has 2 aromatic carbocycles. The van der Waals surface area contributed by atoms with Crippen LogP contribution in [0.4, 0.5) is 0 Å². The summed E-state index contributed by atoms with van der Waals surface area (Å²) in [6.07, 6.45) is -15.0. The topological polar surface area (TPSA) is 249 Å². The van der Waals surface area contributed by atoms with E-state index >= 15 is 0 Å². The minimum absolute atomic E-state index is 0.000932. The van der Waals surface area contributed by atoms with Gasteiger partial charge in [0.15, 0.2) is 6.29 Å². The van der Waals surface area contributed by atoms with Crippen molar-refractivity contribution in [2.75, 3.05) is 13.2 Å². The van der Waals surface area contributed by atoms with Crippen LogP contribution in [0, 0.1) is 0 Å². The van der Waals surface area contributed by atoms with Gasteiger partial charge >= 0.3 is 0 Å². The molecule has 9 N–H and O–H groups in total. The van der Waals surface area contributed by atoms with Gasteiger partial charge in [0.2, 0.25) is 11.7 Å². The van der Waals surface area contributed by atoms with Gasteiger partial charge in [-0.05, 0) is 17.7 Å². The molecule has 10 unspecified atom stereocenters. The second-order valence-electron chi connectivity index (χ2n) is 10.0. The summed E-state index contributed by atoms with van der Waals surface area (Å²) in [7, 11) is 0. The van der Waals surface area contributed by atoms with Crippen molar-refractivity contribution >= 4 is 11.0 Å². The van der Waals surface area contributed by atoms with Crippen LogP contribution >= 0.6 is 0 Å². The van der Waals surface area contributed by atoms with Gasteiger partial charge in [-0.1, -0.05) is 12.1 Å². The molecule has 3 aromatic rings. The van der Waals surface area contributed by atoms with Gasteiger partial charge in [0.05, 0.1) is 18.8 Å². The van der Waals surface area contributed by atoms with E-state index in [1.807, 2.05) is 0 Å². The zero-order valence-electron chi connectivity index (χ0n) is 21.7. The van der Waals surface area contributed by atoms with E-state index < -0.39 is 85.8 Å². The summed E-state index contributed by atoms with van der Waals surface area (Å²) < 4.78 is 27.4. The Hall–Kier alpha value is -3.35. The van der Waals surface area contributed by atoms with Crippen molar-refractivity contribution in [1.82, 2.24) is 0 Å². The van der Waals surface area contributed by atoms with E-state index in [1.54, 1.807) is 0 Å². The second-order valence-corrected chi connectivity index (χ2v) is 10.0. The first-order chi connectivity index (χ1) is 20.0. The Morgan fingerprint density at radius 3 is 2.05 bits per heavy atom. The van der Waals surface area contributed by atoms with Gasteiger partial charge in [-0.25, -0.2) is 0 Å². The van der Waals surface area contributed by atoms with Crippen LogP contribution < -0.4 is 10.2 Å². The van der Waals surface area contributed by atoms with Gasteiger partial charge in [-0.3, -0.25) is 4.79 Å². The fourth-order valence-corrected chi connectivity index (χ4v) is 4.80. The molecule has 0 bridgehead atoms. The maximum Gasteiger partial charge on any atom is 0.229 e. The highest BCUT2D eigenvalue weighted by Crippen LogP contribution is 2.33. The summed E-state index contributed by atoms with van der Waals surface area (Å²) in [5.41, 5.74) is -0.0851. The largest absolute Gasteiger partial charge is 0.508 e. The predicted molar refractivity (Wildman–Crippen MR) is 138 cm³/mol. The van der Waals surface area contributed by atoms with Crippen molar-refractivity contribution in [3.05, 3.63) is 52.9 Å². The molecule has 10 atom stereocenters. The van der Waals surface area contributed by atoms with Crippen LogP contribution in [0.1, 0.15) is 0 Å². The summed E-state index contributed by atoms with van der Waals surface area (Å²) in [6, 6.07) is 8.08. The monoisotopic (exact) mass is 594 g/mol. The van der Waals surface area contributed by atoms with Gasteiger partial charge in [0, 0.05) is 12.1 Å². The normalized spacial score (nSPS) is 33.5. The molecule has 2 aliphatic rings. The molecule has 15 nitrogen and oxygen atoms in total. The minimum atomic E-state index is -1.80. The second kappa shape index (κ2) is 12.1. The Morgan fingerprint density at radius 2 is 1.38 bits per heavy atom. The Balaban J connectivity index is 1.32. The van der Waals surface area contributed by atoms with E-state index in [2.05, 4.69) is 0 Å². The van der Waals surface area contributed by atoms with E-state index in [9.17, 15) is 50.8 Å². The summed E-state index contributed by atoms with van der Waals surface area (Å²) in [5, 5.41) is 90.6. The Labute approximate surface area is 236 Å². The van der Waals surface area contributed by atoms with Gasteiger partial charge in [0.25, 0.3) is 0 Å². The zero-order valence-corrected chi connectivity index (χ0v) is 21.7. The van der Waals surface area contributed by atoms with Crippen LogP contribution in [-0.4, -0.2) is 121 Å². The summed E-state index contributed by atoms with van der Waals surface area (Å²) in [4.78, 5) is 13.1. The van der Waals surface area contributed by atoms with E-state index in [-0.39, 0.29) is 28.0 Å². The third-order valence-corrected chi connectivity index (χ3v) is 7.20. The molecule has 0 amide bonds. The number of rotatable bonds is 7. The zero-order chi connectivity index (χ0) is 30.3. The quantitative estimate of drug-likeness (QED) is 0.142. The third-order valence-electron chi connectivity index (χ3n) is 7.20. The number of benzene rings is 2. The molecular formula is C27H30O15. The lowest BCUT2D eigenvalue weighted by molar-refractivity contribution is -0.323. The number of hydrogen-bond acceptors (Lipinski definition) is 15. The number of hydrogen-bond donors (Lipinski definition) is 9. The fraction of sp³-hybridized carbons (Fsp3) is 0.444. The molecule has 0 aliphatic carbocycles. The molecule has 228 valence electrons. The summed E-state index contributed by atoms with van der Waals surface area (Å²) >= 11 is 0. The molecule has 2 fully saturated rings. The lowest BCUT2D eigenvalue weighted by Gasteiger charge is -2.42. The molecular weight excluding hydrogens is 564 g/mol. The number of aliphatic hydroxyl groups is 7. The van der Waals surface area contributed by atoms with Crippen molar-refractivity contribution in [2.45, 2.75) is 61.4 Å². The van der Waals surface area contributed by atoms with Crippen LogP contribution in [0.2, 0.25) is 0 Å². The molecule has 2 aliphatic heterocycles. The van der Waals surface area contributed by atoms with Gasteiger partial charge in [-0.2, -0.15) is 0 Å². The molecule has 0 saturated carbocycles. The smallest absolute Gasteiger partial charge is 0.229 e. The Bertz CT molecular complexity index is 1440. The van der Waals surface area contributed by atoms with E-state index in [4.69, 9.17) is 23.4 Å². The number of aromatic hydroxyl groups is 2.